The maximum Gasteiger partial charge on any atom is 0.433 e. The van der Waals surface area contributed by atoms with Crippen LogP contribution >= 0.6 is 0 Å². The van der Waals surface area contributed by atoms with Crippen LogP contribution in [0.2, 0.25) is 0 Å². The molecular weight excluding hydrogens is 307 g/mol. The zero-order valence-corrected chi connectivity index (χ0v) is 12.9. The van der Waals surface area contributed by atoms with E-state index in [-0.39, 0.29) is 12.5 Å². The third kappa shape index (κ3) is 4.41. The van der Waals surface area contributed by atoms with Gasteiger partial charge < -0.3 is 10.0 Å². The van der Waals surface area contributed by atoms with Gasteiger partial charge in [-0.05, 0) is 25.5 Å². The Hall–Kier alpha value is -2.15. The van der Waals surface area contributed by atoms with Crippen molar-refractivity contribution >= 4 is 5.95 Å². The molecule has 1 N–H and O–H groups in total. The van der Waals surface area contributed by atoms with Crippen LogP contribution in [0.5, 0.6) is 0 Å². The monoisotopic (exact) mass is 325 g/mol. The number of aromatic nitrogens is 2. The largest absolute Gasteiger partial charge is 0.433 e. The summed E-state index contributed by atoms with van der Waals surface area (Å²) in [6, 6.07) is 8.15. The molecule has 0 spiro atoms. The van der Waals surface area contributed by atoms with E-state index in [0.29, 0.717) is 12.1 Å². The third-order valence-electron chi connectivity index (χ3n) is 3.45. The molecular formula is C16H18F3N3O. The lowest BCUT2D eigenvalue weighted by atomic mass is 10.1. The van der Waals surface area contributed by atoms with Crippen LogP contribution in [0.1, 0.15) is 29.8 Å². The molecule has 124 valence electrons. The molecule has 7 heteroatoms. The highest BCUT2D eigenvalue weighted by molar-refractivity contribution is 5.32. The van der Waals surface area contributed by atoms with E-state index < -0.39 is 18.0 Å². The van der Waals surface area contributed by atoms with Gasteiger partial charge in [0, 0.05) is 12.7 Å². The number of aryl methyl sites for hydroxylation is 1. The number of benzene rings is 1. The summed E-state index contributed by atoms with van der Waals surface area (Å²) < 4.78 is 38.2. The Balaban J connectivity index is 2.18. The fraction of sp³-hybridized carbons (Fsp3) is 0.375. The lowest BCUT2D eigenvalue weighted by Crippen LogP contribution is -2.30. The zero-order valence-electron chi connectivity index (χ0n) is 12.9. The van der Waals surface area contributed by atoms with Crippen molar-refractivity contribution in [2.45, 2.75) is 26.1 Å². The van der Waals surface area contributed by atoms with Crippen molar-refractivity contribution in [3.05, 3.63) is 53.3 Å². The van der Waals surface area contributed by atoms with Gasteiger partial charge >= 0.3 is 6.18 Å². The molecule has 2 rings (SSSR count). The normalized spacial score (nSPS) is 13.0. The predicted molar refractivity (Wildman–Crippen MR) is 81.1 cm³/mol. The Morgan fingerprint density at radius 3 is 2.39 bits per heavy atom. The van der Waals surface area contributed by atoms with Gasteiger partial charge in [0.1, 0.15) is 5.69 Å². The quantitative estimate of drug-likeness (QED) is 0.916. The molecule has 0 fully saturated rings. The molecule has 0 amide bonds. The fourth-order valence-electron chi connectivity index (χ4n) is 2.11. The molecule has 1 aromatic heterocycles. The van der Waals surface area contributed by atoms with Crippen molar-refractivity contribution in [3.63, 3.8) is 0 Å². The van der Waals surface area contributed by atoms with Crippen LogP contribution in [0, 0.1) is 6.92 Å². The Labute approximate surface area is 132 Å². The van der Waals surface area contributed by atoms with E-state index in [2.05, 4.69) is 9.97 Å². The Kier molecular flexibility index (Phi) is 5.20. The summed E-state index contributed by atoms with van der Waals surface area (Å²) in [6.07, 6.45) is -4.28. The van der Waals surface area contributed by atoms with Crippen LogP contribution < -0.4 is 4.90 Å². The van der Waals surface area contributed by atoms with Gasteiger partial charge in [0.25, 0.3) is 0 Å². The van der Waals surface area contributed by atoms with Crippen LogP contribution in [-0.2, 0) is 6.18 Å². The number of aliphatic hydroxyl groups is 1. The molecule has 1 unspecified atom stereocenters. The second kappa shape index (κ2) is 6.95. The highest BCUT2D eigenvalue weighted by atomic mass is 19.4. The molecule has 0 radical (unpaired) electrons. The highest BCUT2D eigenvalue weighted by Gasteiger charge is 2.33. The summed E-state index contributed by atoms with van der Waals surface area (Å²) in [5, 5.41) is 10.3. The number of anilines is 1. The van der Waals surface area contributed by atoms with Crippen molar-refractivity contribution in [3.8, 4) is 0 Å². The predicted octanol–water partition coefficient (Wildman–Crippen LogP) is 3.36. The standard InChI is InChI=1S/C16H18F3N3O/c1-3-22(10-13(23)12-6-4-11(2)5-7-12)15-20-9-8-14(21-15)16(17,18)19/h4-9,13,23H,3,10H2,1-2H3. The first kappa shape index (κ1) is 17.2. The van der Waals surface area contributed by atoms with Gasteiger partial charge in [-0.2, -0.15) is 13.2 Å². The van der Waals surface area contributed by atoms with Crippen LogP contribution in [0.25, 0.3) is 0 Å². The summed E-state index contributed by atoms with van der Waals surface area (Å²) >= 11 is 0. The fourth-order valence-corrected chi connectivity index (χ4v) is 2.11. The van der Waals surface area contributed by atoms with E-state index in [1.165, 1.54) is 4.90 Å². The second-order valence-electron chi connectivity index (χ2n) is 5.20. The van der Waals surface area contributed by atoms with Gasteiger partial charge in [0.15, 0.2) is 0 Å². The number of halogens is 3. The molecule has 0 bridgehead atoms. The van der Waals surface area contributed by atoms with Gasteiger partial charge in [0.2, 0.25) is 5.95 Å². The number of nitrogens with zero attached hydrogens (tertiary/aromatic N) is 3. The molecule has 0 saturated heterocycles. The second-order valence-corrected chi connectivity index (χ2v) is 5.20. The van der Waals surface area contributed by atoms with Gasteiger partial charge in [0.05, 0.1) is 12.6 Å². The van der Waals surface area contributed by atoms with Crippen molar-refractivity contribution in [2.24, 2.45) is 0 Å². The molecule has 0 aliphatic carbocycles. The van der Waals surface area contributed by atoms with Crippen LogP contribution in [0.4, 0.5) is 19.1 Å². The molecule has 0 aliphatic rings. The van der Waals surface area contributed by atoms with Crippen molar-refractivity contribution in [2.75, 3.05) is 18.0 Å². The molecule has 2 aromatic rings. The SMILES string of the molecule is CCN(CC(O)c1ccc(C)cc1)c1nccc(C(F)(F)F)n1. The smallest absolute Gasteiger partial charge is 0.387 e. The van der Waals surface area contributed by atoms with Gasteiger partial charge in [-0.15, -0.1) is 0 Å². The number of aliphatic hydroxyl groups excluding tert-OH is 1. The van der Waals surface area contributed by atoms with E-state index in [1.807, 2.05) is 19.1 Å². The topological polar surface area (TPSA) is 49.2 Å². The van der Waals surface area contributed by atoms with E-state index in [1.54, 1.807) is 19.1 Å². The lowest BCUT2D eigenvalue weighted by molar-refractivity contribution is -0.141. The molecule has 4 nitrogen and oxygen atoms in total. The van der Waals surface area contributed by atoms with Crippen molar-refractivity contribution in [1.82, 2.24) is 9.97 Å². The Bertz CT molecular complexity index is 644. The first-order valence-corrected chi connectivity index (χ1v) is 7.21. The first-order valence-electron chi connectivity index (χ1n) is 7.21. The van der Waals surface area contributed by atoms with Gasteiger partial charge in [-0.1, -0.05) is 29.8 Å². The summed E-state index contributed by atoms with van der Waals surface area (Å²) in [5.74, 6) is -0.0477. The first-order chi connectivity index (χ1) is 10.8. The van der Waals surface area contributed by atoms with E-state index in [4.69, 9.17) is 0 Å². The summed E-state index contributed by atoms with van der Waals surface area (Å²) in [6.45, 7) is 4.20. The minimum Gasteiger partial charge on any atom is -0.387 e. The van der Waals surface area contributed by atoms with Gasteiger partial charge in [-0.25, -0.2) is 9.97 Å². The molecule has 0 saturated carbocycles. The summed E-state index contributed by atoms with van der Waals surface area (Å²) in [5.41, 5.74) is 0.765. The molecule has 0 aliphatic heterocycles. The number of hydrogen-bond donors (Lipinski definition) is 1. The number of rotatable bonds is 5. The van der Waals surface area contributed by atoms with Gasteiger partial charge in [-0.3, -0.25) is 0 Å². The number of alkyl halides is 3. The third-order valence-corrected chi connectivity index (χ3v) is 3.45. The molecule has 1 atom stereocenters. The molecule has 1 aromatic carbocycles. The van der Waals surface area contributed by atoms with E-state index in [9.17, 15) is 18.3 Å². The minimum atomic E-state index is -4.52. The van der Waals surface area contributed by atoms with Crippen LogP contribution in [0.3, 0.4) is 0 Å². The zero-order chi connectivity index (χ0) is 17.0. The minimum absolute atomic E-state index is 0.0477. The van der Waals surface area contributed by atoms with Crippen LogP contribution in [0.15, 0.2) is 36.5 Å². The Morgan fingerprint density at radius 2 is 1.83 bits per heavy atom. The van der Waals surface area contributed by atoms with Crippen LogP contribution in [-0.4, -0.2) is 28.2 Å². The number of hydrogen-bond acceptors (Lipinski definition) is 4. The molecule has 1 heterocycles. The maximum absolute atomic E-state index is 12.7. The van der Waals surface area contributed by atoms with E-state index >= 15 is 0 Å². The van der Waals surface area contributed by atoms with E-state index in [0.717, 1.165) is 17.8 Å². The van der Waals surface area contributed by atoms with Crippen molar-refractivity contribution < 1.29 is 18.3 Å². The maximum atomic E-state index is 12.7. The van der Waals surface area contributed by atoms with Crippen molar-refractivity contribution in [1.29, 1.82) is 0 Å². The summed E-state index contributed by atoms with van der Waals surface area (Å²) in [7, 11) is 0. The lowest BCUT2D eigenvalue weighted by Gasteiger charge is -2.24. The average molecular weight is 325 g/mol. The average Bonchev–Trinajstić information content (AvgIpc) is 2.52. The number of likely N-dealkylation sites (N-methyl/N-ethyl adjacent to an activating group) is 1. The molecule has 23 heavy (non-hydrogen) atoms. The highest BCUT2D eigenvalue weighted by Crippen LogP contribution is 2.28. The Morgan fingerprint density at radius 1 is 1.17 bits per heavy atom. The summed E-state index contributed by atoms with van der Waals surface area (Å²) in [4.78, 5) is 8.96.